The van der Waals surface area contributed by atoms with Crippen molar-refractivity contribution < 1.29 is 4.79 Å². The summed E-state index contributed by atoms with van der Waals surface area (Å²) in [5, 5.41) is 3.02. The first kappa shape index (κ1) is 13.9. The Morgan fingerprint density at radius 3 is 2.58 bits per heavy atom. The number of rotatable bonds is 4. The third-order valence-corrected chi connectivity index (χ3v) is 4.26. The minimum absolute atomic E-state index is 0.0781. The van der Waals surface area contributed by atoms with E-state index in [1.54, 1.807) is 6.07 Å². The van der Waals surface area contributed by atoms with Crippen LogP contribution < -0.4 is 11.1 Å². The quantitative estimate of drug-likeness (QED) is 0.812. The van der Waals surface area contributed by atoms with E-state index in [2.05, 4.69) is 24.3 Å². The van der Waals surface area contributed by atoms with E-state index in [-0.39, 0.29) is 11.4 Å². The summed E-state index contributed by atoms with van der Waals surface area (Å²) in [6, 6.07) is 5.54. The van der Waals surface area contributed by atoms with E-state index >= 15 is 0 Å². The number of amides is 1. The smallest absolute Gasteiger partial charge is 0.253 e. The SMILES string of the molecule is Cc1ccc(C(=O)NCC2(N(C)C)CCC2)c(N)c1. The maximum Gasteiger partial charge on any atom is 0.253 e. The minimum atomic E-state index is -0.0781. The van der Waals surface area contributed by atoms with Crippen LogP contribution in [0.1, 0.15) is 35.2 Å². The lowest BCUT2D eigenvalue weighted by Gasteiger charge is -2.47. The molecule has 104 valence electrons. The number of anilines is 1. The zero-order valence-electron chi connectivity index (χ0n) is 12.0. The van der Waals surface area contributed by atoms with Gasteiger partial charge in [0, 0.05) is 17.8 Å². The number of carbonyl (C=O) groups is 1. The van der Waals surface area contributed by atoms with Crippen LogP contribution in [0.25, 0.3) is 0 Å². The molecule has 1 aromatic rings. The summed E-state index contributed by atoms with van der Waals surface area (Å²) in [7, 11) is 4.15. The van der Waals surface area contributed by atoms with Crippen LogP contribution in [0.2, 0.25) is 0 Å². The number of nitrogens with one attached hydrogen (secondary N) is 1. The van der Waals surface area contributed by atoms with Crippen molar-refractivity contribution in [1.82, 2.24) is 10.2 Å². The molecule has 3 N–H and O–H groups in total. The highest BCUT2D eigenvalue weighted by molar-refractivity contribution is 5.99. The van der Waals surface area contributed by atoms with Crippen molar-refractivity contribution in [2.24, 2.45) is 0 Å². The number of likely N-dealkylation sites (N-methyl/N-ethyl adjacent to an activating group) is 1. The fourth-order valence-electron chi connectivity index (χ4n) is 2.60. The van der Waals surface area contributed by atoms with Gasteiger partial charge in [-0.2, -0.15) is 0 Å². The molecule has 0 aromatic heterocycles. The Bertz CT molecular complexity index is 478. The Kier molecular flexibility index (Phi) is 3.80. The molecule has 0 atom stereocenters. The molecule has 0 bridgehead atoms. The van der Waals surface area contributed by atoms with Crippen LogP contribution in [0.15, 0.2) is 18.2 Å². The van der Waals surface area contributed by atoms with E-state index in [4.69, 9.17) is 5.73 Å². The lowest BCUT2D eigenvalue weighted by Crippen LogP contribution is -2.57. The van der Waals surface area contributed by atoms with E-state index in [1.165, 1.54) is 6.42 Å². The number of aryl methyl sites for hydroxylation is 1. The molecule has 2 rings (SSSR count). The lowest BCUT2D eigenvalue weighted by atomic mass is 9.75. The molecule has 0 saturated heterocycles. The maximum absolute atomic E-state index is 12.2. The van der Waals surface area contributed by atoms with Crippen molar-refractivity contribution in [2.75, 3.05) is 26.4 Å². The number of carbonyl (C=O) groups excluding carboxylic acids is 1. The average molecular weight is 261 g/mol. The zero-order chi connectivity index (χ0) is 14.0. The topological polar surface area (TPSA) is 58.4 Å². The van der Waals surface area contributed by atoms with Crippen LogP contribution in [-0.4, -0.2) is 37.0 Å². The molecule has 1 saturated carbocycles. The second-order valence-corrected chi connectivity index (χ2v) is 5.75. The Morgan fingerprint density at radius 2 is 2.11 bits per heavy atom. The van der Waals surface area contributed by atoms with Crippen LogP contribution in [-0.2, 0) is 0 Å². The first-order valence-corrected chi connectivity index (χ1v) is 6.76. The van der Waals surface area contributed by atoms with Gasteiger partial charge in [-0.05, 0) is 58.0 Å². The minimum Gasteiger partial charge on any atom is -0.398 e. The van der Waals surface area contributed by atoms with E-state index in [0.717, 1.165) is 18.4 Å². The molecular formula is C15H23N3O. The molecule has 1 aliphatic carbocycles. The molecule has 0 radical (unpaired) electrons. The van der Waals surface area contributed by atoms with Gasteiger partial charge in [0.05, 0.1) is 5.56 Å². The van der Waals surface area contributed by atoms with Crippen LogP contribution in [0.5, 0.6) is 0 Å². The number of benzene rings is 1. The van der Waals surface area contributed by atoms with E-state index in [0.29, 0.717) is 17.8 Å². The summed E-state index contributed by atoms with van der Waals surface area (Å²) < 4.78 is 0. The van der Waals surface area contributed by atoms with Gasteiger partial charge in [0.2, 0.25) is 0 Å². The van der Waals surface area contributed by atoms with Gasteiger partial charge in [-0.25, -0.2) is 0 Å². The normalized spacial score (nSPS) is 17.1. The summed E-state index contributed by atoms with van der Waals surface area (Å²) in [5.41, 5.74) is 8.21. The Morgan fingerprint density at radius 1 is 1.42 bits per heavy atom. The molecule has 1 fully saturated rings. The number of hydrogen-bond donors (Lipinski definition) is 2. The molecule has 0 aliphatic heterocycles. The Labute approximate surface area is 115 Å². The van der Waals surface area contributed by atoms with Crippen LogP contribution in [0, 0.1) is 6.92 Å². The van der Waals surface area contributed by atoms with Crippen molar-refractivity contribution in [3.63, 3.8) is 0 Å². The van der Waals surface area contributed by atoms with E-state index in [1.807, 2.05) is 19.1 Å². The van der Waals surface area contributed by atoms with Crippen molar-refractivity contribution in [1.29, 1.82) is 0 Å². The first-order valence-electron chi connectivity index (χ1n) is 6.76. The Hall–Kier alpha value is -1.55. The highest BCUT2D eigenvalue weighted by Gasteiger charge is 2.39. The predicted molar refractivity (Wildman–Crippen MR) is 78.2 cm³/mol. The van der Waals surface area contributed by atoms with E-state index in [9.17, 15) is 4.79 Å². The van der Waals surface area contributed by atoms with Gasteiger partial charge in [0.1, 0.15) is 0 Å². The van der Waals surface area contributed by atoms with Gasteiger partial charge in [0.15, 0.2) is 0 Å². The highest BCUT2D eigenvalue weighted by atomic mass is 16.1. The van der Waals surface area contributed by atoms with E-state index < -0.39 is 0 Å². The largest absolute Gasteiger partial charge is 0.398 e. The third kappa shape index (κ3) is 2.73. The number of nitrogens with zero attached hydrogens (tertiary/aromatic N) is 1. The number of hydrogen-bond acceptors (Lipinski definition) is 3. The molecule has 19 heavy (non-hydrogen) atoms. The first-order chi connectivity index (χ1) is 8.94. The molecular weight excluding hydrogens is 238 g/mol. The van der Waals surface area contributed by atoms with Crippen LogP contribution >= 0.6 is 0 Å². The van der Waals surface area contributed by atoms with Gasteiger partial charge in [0.25, 0.3) is 5.91 Å². The second-order valence-electron chi connectivity index (χ2n) is 5.75. The second kappa shape index (κ2) is 5.21. The standard InChI is InChI=1S/C15H23N3O/c1-11-5-6-12(13(16)9-11)14(19)17-10-15(18(2)3)7-4-8-15/h5-6,9H,4,7-8,10,16H2,1-3H3,(H,17,19). The van der Waals surface area contributed by atoms with Crippen molar-refractivity contribution in [3.05, 3.63) is 29.3 Å². The summed E-state index contributed by atoms with van der Waals surface area (Å²) in [4.78, 5) is 14.4. The average Bonchev–Trinajstić information content (AvgIpc) is 2.26. The molecule has 1 aliphatic rings. The Balaban J connectivity index is 2.01. The summed E-state index contributed by atoms with van der Waals surface area (Å²) in [6.45, 7) is 2.65. The molecule has 1 amide bonds. The van der Waals surface area contributed by atoms with Crippen molar-refractivity contribution in [3.8, 4) is 0 Å². The highest BCUT2D eigenvalue weighted by Crippen LogP contribution is 2.35. The molecule has 0 unspecified atom stereocenters. The van der Waals surface area contributed by atoms with Crippen LogP contribution in [0.3, 0.4) is 0 Å². The van der Waals surface area contributed by atoms with Crippen molar-refractivity contribution >= 4 is 11.6 Å². The molecule has 0 heterocycles. The molecule has 0 spiro atoms. The van der Waals surface area contributed by atoms with Gasteiger partial charge in [-0.3, -0.25) is 4.79 Å². The van der Waals surface area contributed by atoms with Gasteiger partial charge < -0.3 is 16.0 Å². The number of nitrogen functional groups attached to an aromatic ring is 1. The molecule has 1 aromatic carbocycles. The van der Waals surface area contributed by atoms with Gasteiger partial charge >= 0.3 is 0 Å². The molecule has 4 heteroatoms. The summed E-state index contributed by atoms with van der Waals surface area (Å²) in [6.07, 6.45) is 3.52. The van der Waals surface area contributed by atoms with Gasteiger partial charge in [-0.1, -0.05) is 6.07 Å². The summed E-state index contributed by atoms with van der Waals surface area (Å²) in [5.74, 6) is -0.0781. The zero-order valence-corrected chi connectivity index (χ0v) is 12.0. The maximum atomic E-state index is 12.2. The van der Waals surface area contributed by atoms with Gasteiger partial charge in [-0.15, -0.1) is 0 Å². The summed E-state index contributed by atoms with van der Waals surface area (Å²) >= 11 is 0. The predicted octanol–water partition coefficient (Wildman–Crippen LogP) is 1.79. The van der Waals surface area contributed by atoms with Crippen molar-refractivity contribution in [2.45, 2.75) is 31.7 Å². The number of nitrogens with two attached hydrogens (primary N) is 1. The third-order valence-electron chi connectivity index (χ3n) is 4.26. The fourth-order valence-corrected chi connectivity index (χ4v) is 2.60. The fraction of sp³-hybridized carbons (Fsp3) is 0.533. The monoisotopic (exact) mass is 261 g/mol. The lowest BCUT2D eigenvalue weighted by molar-refractivity contribution is 0.0558. The molecule has 4 nitrogen and oxygen atoms in total. The van der Waals surface area contributed by atoms with Crippen LogP contribution in [0.4, 0.5) is 5.69 Å².